The Labute approximate surface area is 96.0 Å². The molecule has 16 heavy (non-hydrogen) atoms. The maximum atomic E-state index is 9.45. The van der Waals surface area contributed by atoms with Gasteiger partial charge in [0.1, 0.15) is 12.4 Å². The lowest BCUT2D eigenvalue weighted by atomic mass is 10.1. The molecular formula is C13H18O3. The molecule has 0 spiro atoms. The lowest BCUT2D eigenvalue weighted by molar-refractivity contribution is 0.0678. The Morgan fingerprint density at radius 3 is 3.12 bits per heavy atom. The van der Waals surface area contributed by atoms with E-state index in [0.29, 0.717) is 6.61 Å². The maximum absolute atomic E-state index is 9.45. The number of hydrogen-bond acceptors (Lipinski definition) is 3. The van der Waals surface area contributed by atoms with Gasteiger partial charge in [-0.2, -0.15) is 0 Å². The molecule has 1 N–H and O–H groups in total. The third-order valence-electron chi connectivity index (χ3n) is 2.80. The monoisotopic (exact) mass is 222 g/mol. The quantitative estimate of drug-likeness (QED) is 0.849. The summed E-state index contributed by atoms with van der Waals surface area (Å²) >= 11 is 0. The van der Waals surface area contributed by atoms with Gasteiger partial charge in [0.15, 0.2) is 0 Å². The topological polar surface area (TPSA) is 38.7 Å². The zero-order chi connectivity index (χ0) is 11.4. The van der Waals surface area contributed by atoms with E-state index in [1.54, 1.807) is 6.92 Å². The molecule has 0 aromatic heterocycles. The van der Waals surface area contributed by atoms with E-state index in [9.17, 15) is 5.11 Å². The normalized spacial score (nSPS) is 22.0. The largest absolute Gasteiger partial charge is 0.491 e. The minimum atomic E-state index is -0.453. The summed E-state index contributed by atoms with van der Waals surface area (Å²) in [6.45, 7) is 3.20. The maximum Gasteiger partial charge on any atom is 0.119 e. The lowest BCUT2D eigenvalue weighted by Crippen LogP contribution is -2.16. The first kappa shape index (κ1) is 11.4. The molecule has 88 valence electrons. The molecule has 0 saturated carbocycles. The fraction of sp³-hybridized carbons (Fsp3) is 0.538. The molecule has 1 fully saturated rings. The molecule has 1 aromatic carbocycles. The first-order chi connectivity index (χ1) is 7.75. The molecule has 1 saturated heterocycles. The number of aliphatic hydroxyl groups excluding tert-OH is 1. The molecule has 3 nitrogen and oxygen atoms in total. The van der Waals surface area contributed by atoms with Crippen LogP contribution in [0, 0.1) is 0 Å². The average Bonchev–Trinajstić information content (AvgIpc) is 2.79. The standard InChI is InChI=1S/C13H18O3/c1-10(14)11-4-2-5-12(8-11)16-9-13-6-3-7-15-13/h2,4-5,8,10,13-14H,3,6-7,9H2,1H3/t10-,13?/m0/s1. The van der Waals surface area contributed by atoms with E-state index < -0.39 is 6.10 Å². The van der Waals surface area contributed by atoms with Crippen LogP contribution in [0.4, 0.5) is 0 Å². The van der Waals surface area contributed by atoms with Gasteiger partial charge in [-0.25, -0.2) is 0 Å². The van der Waals surface area contributed by atoms with Gasteiger partial charge in [-0.05, 0) is 37.5 Å². The van der Waals surface area contributed by atoms with Crippen molar-refractivity contribution in [3.8, 4) is 5.75 Å². The van der Waals surface area contributed by atoms with Crippen molar-refractivity contribution in [2.75, 3.05) is 13.2 Å². The van der Waals surface area contributed by atoms with Crippen LogP contribution in [-0.2, 0) is 4.74 Å². The van der Waals surface area contributed by atoms with E-state index in [1.165, 1.54) is 0 Å². The van der Waals surface area contributed by atoms with Crippen molar-refractivity contribution in [1.82, 2.24) is 0 Å². The van der Waals surface area contributed by atoms with Crippen molar-refractivity contribution in [3.05, 3.63) is 29.8 Å². The highest BCUT2D eigenvalue weighted by Gasteiger charge is 2.16. The van der Waals surface area contributed by atoms with Crippen LogP contribution in [0.25, 0.3) is 0 Å². The van der Waals surface area contributed by atoms with Crippen molar-refractivity contribution in [1.29, 1.82) is 0 Å². The second-order valence-corrected chi connectivity index (χ2v) is 4.19. The second-order valence-electron chi connectivity index (χ2n) is 4.19. The van der Waals surface area contributed by atoms with Crippen LogP contribution in [0.1, 0.15) is 31.4 Å². The van der Waals surface area contributed by atoms with E-state index in [-0.39, 0.29) is 6.10 Å². The molecule has 2 rings (SSSR count). The van der Waals surface area contributed by atoms with Gasteiger partial charge in [0, 0.05) is 6.61 Å². The number of hydrogen-bond donors (Lipinski definition) is 1. The molecule has 3 heteroatoms. The van der Waals surface area contributed by atoms with Gasteiger partial charge in [0.25, 0.3) is 0 Å². The van der Waals surface area contributed by atoms with Gasteiger partial charge in [-0.1, -0.05) is 12.1 Å². The van der Waals surface area contributed by atoms with E-state index in [1.807, 2.05) is 24.3 Å². The summed E-state index contributed by atoms with van der Waals surface area (Å²) in [5.74, 6) is 0.800. The summed E-state index contributed by atoms with van der Waals surface area (Å²) in [6, 6.07) is 7.57. The van der Waals surface area contributed by atoms with Gasteiger partial charge in [0.05, 0.1) is 12.2 Å². The molecule has 0 aliphatic carbocycles. The summed E-state index contributed by atoms with van der Waals surface area (Å²) in [5.41, 5.74) is 0.879. The summed E-state index contributed by atoms with van der Waals surface area (Å²) in [6.07, 6.45) is 1.99. The summed E-state index contributed by atoms with van der Waals surface area (Å²) < 4.78 is 11.1. The molecule has 1 unspecified atom stereocenters. The third-order valence-corrected chi connectivity index (χ3v) is 2.80. The summed E-state index contributed by atoms with van der Waals surface area (Å²) in [4.78, 5) is 0. The second kappa shape index (κ2) is 5.32. The molecule has 2 atom stereocenters. The van der Waals surface area contributed by atoms with E-state index >= 15 is 0 Å². The Kier molecular flexibility index (Phi) is 3.80. The highest BCUT2D eigenvalue weighted by molar-refractivity contribution is 5.29. The highest BCUT2D eigenvalue weighted by atomic mass is 16.5. The first-order valence-electron chi connectivity index (χ1n) is 5.78. The van der Waals surface area contributed by atoms with Gasteiger partial charge in [-0.15, -0.1) is 0 Å². The fourth-order valence-corrected chi connectivity index (χ4v) is 1.83. The molecule has 1 aliphatic heterocycles. The number of benzene rings is 1. The summed E-state index contributed by atoms with van der Waals surface area (Å²) in [7, 11) is 0. The van der Waals surface area contributed by atoms with Crippen LogP contribution in [0.3, 0.4) is 0 Å². The Morgan fingerprint density at radius 1 is 1.56 bits per heavy atom. The smallest absolute Gasteiger partial charge is 0.119 e. The van der Waals surface area contributed by atoms with Gasteiger partial charge < -0.3 is 14.6 Å². The van der Waals surface area contributed by atoms with E-state index in [0.717, 1.165) is 30.8 Å². The molecule has 1 aliphatic rings. The van der Waals surface area contributed by atoms with Crippen LogP contribution >= 0.6 is 0 Å². The van der Waals surface area contributed by atoms with E-state index in [4.69, 9.17) is 9.47 Å². The summed E-state index contributed by atoms with van der Waals surface area (Å²) in [5, 5.41) is 9.45. The van der Waals surface area contributed by atoms with Gasteiger partial charge in [0.2, 0.25) is 0 Å². The Morgan fingerprint density at radius 2 is 2.44 bits per heavy atom. The van der Waals surface area contributed by atoms with Crippen LogP contribution in [-0.4, -0.2) is 24.4 Å². The minimum absolute atomic E-state index is 0.232. The molecule has 0 amide bonds. The Bertz CT molecular complexity index is 330. The van der Waals surface area contributed by atoms with Crippen LogP contribution in [0.15, 0.2) is 24.3 Å². The fourth-order valence-electron chi connectivity index (χ4n) is 1.83. The SMILES string of the molecule is C[C@H](O)c1cccc(OCC2CCCO2)c1. The van der Waals surface area contributed by atoms with Crippen LogP contribution in [0.5, 0.6) is 5.75 Å². The van der Waals surface area contributed by atoms with Gasteiger partial charge in [-0.3, -0.25) is 0 Å². The van der Waals surface area contributed by atoms with Crippen molar-refractivity contribution >= 4 is 0 Å². The number of aliphatic hydroxyl groups is 1. The van der Waals surface area contributed by atoms with Crippen molar-refractivity contribution in [2.45, 2.75) is 32.0 Å². The predicted octanol–water partition coefficient (Wildman–Crippen LogP) is 2.30. The minimum Gasteiger partial charge on any atom is -0.491 e. The predicted molar refractivity (Wildman–Crippen MR) is 61.5 cm³/mol. The zero-order valence-electron chi connectivity index (χ0n) is 9.56. The van der Waals surface area contributed by atoms with E-state index in [2.05, 4.69) is 0 Å². The molecule has 0 radical (unpaired) electrons. The van der Waals surface area contributed by atoms with Gasteiger partial charge >= 0.3 is 0 Å². The first-order valence-corrected chi connectivity index (χ1v) is 5.78. The van der Waals surface area contributed by atoms with Crippen molar-refractivity contribution in [2.24, 2.45) is 0 Å². The van der Waals surface area contributed by atoms with Crippen molar-refractivity contribution < 1.29 is 14.6 Å². The number of ether oxygens (including phenoxy) is 2. The molecule has 1 aromatic rings. The Hall–Kier alpha value is -1.06. The molecular weight excluding hydrogens is 204 g/mol. The Balaban J connectivity index is 1.90. The number of rotatable bonds is 4. The van der Waals surface area contributed by atoms with Crippen LogP contribution in [0.2, 0.25) is 0 Å². The zero-order valence-corrected chi connectivity index (χ0v) is 9.56. The lowest BCUT2D eigenvalue weighted by Gasteiger charge is -2.12. The molecule has 1 heterocycles. The van der Waals surface area contributed by atoms with Crippen molar-refractivity contribution in [3.63, 3.8) is 0 Å². The molecule has 0 bridgehead atoms. The highest BCUT2D eigenvalue weighted by Crippen LogP contribution is 2.20. The third kappa shape index (κ3) is 2.97. The van der Waals surface area contributed by atoms with Crippen LogP contribution < -0.4 is 4.74 Å². The average molecular weight is 222 g/mol.